The van der Waals surface area contributed by atoms with E-state index >= 15 is 0 Å². The van der Waals surface area contributed by atoms with Crippen molar-refractivity contribution >= 4 is 17.5 Å². The normalized spacial score (nSPS) is 24.9. The van der Waals surface area contributed by atoms with Gasteiger partial charge in [-0.1, -0.05) is 23.7 Å². The van der Waals surface area contributed by atoms with Crippen LogP contribution in [0.1, 0.15) is 37.3 Å². The average Bonchev–Trinajstić information content (AvgIpc) is 3.24. The van der Waals surface area contributed by atoms with E-state index in [1.54, 1.807) is 0 Å². The summed E-state index contributed by atoms with van der Waals surface area (Å²) in [6, 6.07) is 8.92. The maximum absolute atomic E-state index is 11.2. The van der Waals surface area contributed by atoms with Gasteiger partial charge in [-0.2, -0.15) is 0 Å². The number of rotatable bonds is 4. The van der Waals surface area contributed by atoms with Gasteiger partial charge in [0.25, 0.3) is 0 Å². The highest BCUT2D eigenvalue weighted by molar-refractivity contribution is 6.30. The SMILES string of the molecule is O=C1CCC(NC(c2ccc(Cl)cc2)C2CC2)CN1. The zero-order valence-corrected chi connectivity index (χ0v) is 11.6. The summed E-state index contributed by atoms with van der Waals surface area (Å²) >= 11 is 5.95. The lowest BCUT2D eigenvalue weighted by molar-refractivity contribution is -0.122. The van der Waals surface area contributed by atoms with Gasteiger partial charge in [0.1, 0.15) is 0 Å². The highest BCUT2D eigenvalue weighted by Crippen LogP contribution is 2.41. The highest BCUT2D eigenvalue weighted by Gasteiger charge is 2.34. The van der Waals surface area contributed by atoms with E-state index < -0.39 is 0 Å². The predicted octanol–water partition coefficient (Wildman–Crippen LogP) is 2.66. The number of carbonyl (C=O) groups excluding carboxylic acids is 1. The molecule has 4 heteroatoms. The summed E-state index contributed by atoms with van der Waals surface area (Å²) in [6.07, 6.45) is 4.15. The average molecular weight is 279 g/mol. The monoisotopic (exact) mass is 278 g/mol. The van der Waals surface area contributed by atoms with Crippen molar-refractivity contribution in [3.05, 3.63) is 34.9 Å². The van der Waals surface area contributed by atoms with Gasteiger partial charge in [-0.25, -0.2) is 0 Å². The predicted molar refractivity (Wildman–Crippen MR) is 76.1 cm³/mol. The van der Waals surface area contributed by atoms with Crippen LogP contribution in [0.5, 0.6) is 0 Å². The molecule has 1 amide bonds. The van der Waals surface area contributed by atoms with Gasteiger partial charge >= 0.3 is 0 Å². The first-order valence-electron chi connectivity index (χ1n) is 7.00. The molecular weight excluding hydrogens is 260 g/mol. The maximum Gasteiger partial charge on any atom is 0.220 e. The van der Waals surface area contributed by atoms with Crippen LogP contribution in [0.4, 0.5) is 0 Å². The highest BCUT2D eigenvalue weighted by atomic mass is 35.5. The number of carbonyl (C=O) groups is 1. The molecule has 1 heterocycles. The largest absolute Gasteiger partial charge is 0.355 e. The summed E-state index contributed by atoms with van der Waals surface area (Å²) in [7, 11) is 0. The van der Waals surface area contributed by atoms with Gasteiger partial charge in [0.15, 0.2) is 0 Å². The molecule has 1 saturated heterocycles. The molecule has 2 fully saturated rings. The Morgan fingerprint density at radius 2 is 1.95 bits per heavy atom. The van der Waals surface area contributed by atoms with Gasteiger partial charge in [0.2, 0.25) is 5.91 Å². The minimum absolute atomic E-state index is 0.174. The molecular formula is C15H19ClN2O. The van der Waals surface area contributed by atoms with Crippen molar-refractivity contribution in [3.8, 4) is 0 Å². The van der Waals surface area contributed by atoms with E-state index in [1.807, 2.05) is 12.1 Å². The van der Waals surface area contributed by atoms with Crippen LogP contribution in [-0.4, -0.2) is 18.5 Å². The quantitative estimate of drug-likeness (QED) is 0.889. The Hall–Kier alpha value is -1.06. The molecule has 19 heavy (non-hydrogen) atoms. The first kappa shape index (κ1) is 12.9. The molecule has 2 unspecified atom stereocenters. The molecule has 2 atom stereocenters. The molecule has 1 aliphatic heterocycles. The van der Waals surface area contributed by atoms with Crippen molar-refractivity contribution < 1.29 is 4.79 Å². The molecule has 2 N–H and O–H groups in total. The van der Waals surface area contributed by atoms with Crippen LogP contribution in [0.25, 0.3) is 0 Å². The molecule has 0 spiro atoms. The van der Waals surface area contributed by atoms with Crippen LogP contribution in [0, 0.1) is 5.92 Å². The van der Waals surface area contributed by atoms with Crippen LogP contribution in [0.2, 0.25) is 5.02 Å². The van der Waals surface area contributed by atoms with Crippen LogP contribution in [0.15, 0.2) is 24.3 Å². The smallest absolute Gasteiger partial charge is 0.220 e. The standard InChI is InChI=1S/C15H19ClN2O/c16-12-5-3-11(4-6-12)15(10-1-2-10)18-13-7-8-14(19)17-9-13/h3-6,10,13,15,18H,1-2,7-9H2,(H,17,19). The lowest BCUT2D eigenvalue weighted by atomic mass is 9.99. The van der Waals surface area contributed by atoms with Crippen molar-refractivity contribution in [2.75, 3.05) is 6.54 Å². The fourth-order valence-corrected chi connectivity index (χ4v) is 2.86. The van der Waals surface area contributed by atoms with E-state index in [2.05, 4.69) is 22.8 Å². The third-order valence-corrected chi connectivity index (χ3v) is 4.26. The van der Waals surface area contributed by atoms with Gasteiger partial charge < -0.3 is 10.6 Å². The second kappa shape index (κ2) is 5.51. The summed E-state index contributed by atoms with van der Waals surface area (Å²) in [4.78, 5) is 11.2. The zero-order valence-electron chi connectivity index (χ0n) is 10.9. The lowest BCUT2D eigenvalue weighted by Crippen LogP contribution is -2.47. The number of piperidine rings is 1. The van der Waals surface area contributed by atoms with Gasteiger partial charge in [0, 0.05) is 30.1 Å². The number of benzene rings is 1. The first-order chi connectivity index (χ1) is 9.22. The second-order valence-electron chi connectivity index (χ2n) is 5.57. The fraction of sp³-hybridized carbons (Fsp3) is 0.533. The molecule has 3 nitrogen and oxygen atoms in total. The summed E-state index contributed by atoms with van der Waals surface area (Å²) in [5.41, 5.74) is 1.31. The fourth-order valence-electron chi connectivity index (χ4n) is 2.73. The van der Waals surface area contributed by atoms with Gasteiger partial charge in [-0.15, -0.1) is 0 Å². The minimum atomic E-state index is 0.174. The molecule has 2 aliphatic rings. The third-order valence-electron chi connectivity index (χ3n) is 4.00. The minimum Gasteiger partial charge on any atom is -0.355 e. The second-order valence-corrected chi connectivity index (χ2v) is 6.01. The first-order valence-corrected chi connectivity index (χ1v) is 7.38. The molecule has 1 aromatic rings. The van der Waals surface area contributed by atoms with E-state index in [9.17, 15) is 4.79 Å². The van der Waals surface area contributed by atoms with E-state index in [1.165, 1.54) is 18.4 Å². The number of nitrogens with one attached hydrogen (secondary N) is 2. The van der Waals surface area contributed by atoms with Crippen LogP contribution >= 0.6 is 11.6 Å². The van der Waals surface area contributed by atoms with Crippen molar-refractivity contribution in [1.29, 1.82) is 0 Å². The van der Waals surface area contributed by atoms with Gasteiger partial charge in [0.05, 0.1) is 0 Å². The lowest BCUT2D eigenvalue weighted by Gasteiger charge is -2.29. The zero-order chi connectivity index (χ0) is 13.2. The summed E-state index contributed by atoms with van der Waals surface area (Å²) < 4.78 is 0. The number of amides is 1. The Morgan fingerprint density at radius 3 is 2.53 bits per heavy atom. The number of halogens is 1. The molecule has 3 rings (SSSR count). The molecule has 1 saturated carbocycles. The van der Waals surface area contributed by atoms with Crippen molar-refractivity contribution in [3.63, 3.8) is 0 Å². The van der Waals surface area contributed by atoms with Crippen LogP contribution < -0.4 is 10.6 Å². The van der Waals surface area contributed by atoms with E-state index in [-0.39, 0.29) is 5.91 Å². The molecule has 0 radical (unpaired) electrons. The Labute approximate surface area is 118 Å². The maximum atomic E-state index is 11.2. The van der Waals surface area contributed by atoms with E-state index in [4.69, 9.17) is 11.6 Å². The topological polar surface area (TPSA) is 41.1 Å². The van der Waals surface area contributed by atoms with Gasteiger partial charge in [-0.05, 0) is 42.9 Å². The third kappa shape index (κ3) is 3.28. The molecule has 1 aliphatic carbocycles. The molecule has 102 valence electrons. The molecule has 1 aromatic carbocycles. The number of hydrogen-bond acceptors (Lipinski definition) is 2. The van der Waals surface area contributed by atoms with Crippen molar-refractivity contribution in [1.82, 2.24) is 10.6 Å². The van der Waals surface area contributed by atoms with Crippen LogP contribution in [0.3, 0.4) is 0 Å². The molecule has 0 aromatic heterocycles. The molecule has 0 bridgehead atoms. The summed E-state index contributed by atoms with van der Waals surface area (Å²) in [5, 5.41) is 7.43. The van der Waals surface area contributed by atoms with Gasteiger partial charge in [-0.3, -0.25) is 4.79 Å². The van der Waals surface area contributed by atoms with Crippen molar-refractivity contribution in [2.24, 2.45) is 5.92 Å². The Balaban J connectivity index is 1.67. The van der Waals surface area contributed by atoms with Crippen molar-refractivity contribution in [2.45, 2.75) is 37.8 Å². The Morgan fingerprint density at radius 1 is 1.21 bits per heavy atom. The van der Waals surface area contributed by atoms with Crippen LogP contribution in [-0.2, 0) is 4.79 Å². The van der Waals surface area contributed by atoms with E-state index in [0.717, 1.165) is 23.9 Å². The summed E-state index contributed by atoms with van der Waals surface area (Å²) in [6.45, 7) is 0.746. The number of hydrogen-bond donors (Lipinski definition) is 2. The Kier molecular flexibility index (Phi) is 3.76. The Bertz CT molecular complexity index is 446. The van der Waals surface area contributed by atoms with E-state index in [0.29, 0.717) is 18.5 Å². The summed E-state index contributed by atoms with van der Waals surface area (Å²) in [5.74, 6) is 0.909.